The molecule has 11 heavy (non-hydrogen) atoms. The molecule has 2 bridgehead atoms. The summed E-state index contributed by atoms with van der Waals surface area (Å²) in [5.41, 5.74) is 0. The Morgan fingerprint density at radius 3 is 2.45 bits per heavy atom. The Morgan fingerprint density at radius 1 is 1.36 bits per heavy atom. The first-order valence-corrected chi connectivity index (χ1v) is 5.24. The average Bonchev–Trinajstić information content (AvgIpc) is 2.58. The highest BCUT2D eigenvalue weighted by molar-refractivity contribution is 5.00. The third-order valence-electron chi connectivity index (χ3n) is 4.49. The Morgan fingerprint density at radius 2 is 2.09 bits per heavy atom. The van der Waals surface area contributed by atoms with Gasteiger partial charge < -0.3 is 0 Å². The summed E-state index contributed by atoms with van der Waals surface area (Å²) in [6, 6.07) is 0. The van der Waals surface area contributed by atoms with E-state index in [1.165, 1.54) is 6.42 Å². The lowest BCUT2D eigenvalue weighted by Gasteiger charge is -2.35. The SMILES string of the molecule is CCC(C)C1CC2CC1C2C. The molecule has 0 aliphatic heterocycles. The Labute approximate surface area is 70.4 Å². The van der Waals surface area contributed by atoms with Gasteiger partial charge in [-0.3, -0.25) is 0 Å². The van der Waals surface area contributed by atoms with Crippen LogP contribution in [-0.4, -0.2) is 0 Å². The van der Waals surface area contributed by atoms with E-state index in [4.69, 9.17) is 0 Å². The smallest absolute Gasteiger partial charge is 0.0352 e. The summed E-state index contributed by atoms with van der Waals surface area (Å²) in [5.74, 6) is 5.41. The quantitative estimate of drug-likeness (QED) is 0.569. The van der Waals surface area contributed by atoms with Gasteiger partial charge in [-0.2, -0.15) is 0 Å². The molecule has 0 heteroatoms. The van der Waals surface area contributed by atoms with E-state index in [1.54, 1.807) is 12.8 Å². The zero-order valence-electron chi connectivity index (χ0n) is 8.01. The first kappa shape index (κ1) is 7.64. The van der Waals surface area contributed by atoms with E-state index in [1.807, 2.05) is 0 Å². The van der Waals surface area contributed by atoms with E-state index in [9.17, 15) is 0 Å². The predicted octanol–water partition coefficient (Wildman–Crippen LogP) is 3.32. The standard InChI is InChI=1S/C11H20/c1-4-7(2)10-5-9-6-11(10)8(9)3/h7-11H,4-6H2,1-3H3. The summed E-state index contributed by atoms with van der Waals surface area (Å²) < 4.78 is 0. The average molecular weight is 152 g/mol. The minimum Gasteiger partial charge on any atom is -0.0651 e. The summed E-state index contributed by atoms with van der Waals surface area (Å²) >= 11 is 0. The molecule has 3 saturated carbocycles. The highest BCUT2D eigenvalue weighted by Crippen LogP contribution is 2.59. The Balaban J connectivity index is 1.98. The molecule has 0 amide bonds. The van der Waals surface area contributed by atoms with Crippen LogP contribution in [0.4, 0.5) is 0 Å². The second-order valence-corrected chi connectivity index (χ2v) is 4.80. The third-order valence-corrected chi connectivity index (χ3v) is 4.49. The second-order valence-electron chi connectivity index (χ2n) is 4.80. The van der Waals surface area contributed by atoms with E-state index < -0.39 is 0 Å². The van der Waals surface area contributed by atoms with Gasteiger partial charge in [0.2, 0.25) is 0 Å². The van der Waals surface area contributed by atoms with Crippen molar-refractivity contribution in [2.75, 3.05) is 0 Å². The highest BCUT2D eigenvalue weighted by Gasteiger charge is 2.51. The van der Waals surface area contributed by atoms with Crippen molar-refractivity contribution in [3.05, 3.63) is 0 Å². The largest absolute Gasteiger partial charge is 0.0651 e. The molecule has 5 atom stereocenters. The molecule has 0 spiro atoms. The monoisotopic (exact) mass is 152 g/mol. The van der Waals surface area contributed by atoms with Crippen LogP contribution < -0.4 is 0 Å². The van der Waals surface area contributed by atoms with Crippen LogP contribution in [0.25, 0.3) is 0 Å². The maximum atomic E-state index is 2.46. The maximum Gasteiger partial charge on any atom is -0.0352 e. The molecule has 0 N–H and O–H groups in total. The van der Waals surface area contributed by atoms with Crippen molar-refractivity contribution in [3.63, 3.8) is 0 Å². The van der Waals surface area contributed by atoms with Crippen LogP contribution in [0, 0.1) is 29.6 Å². The molecule has 3 aliphatic carbocycles. The van der Waals surface area contributed by atoms with E-state index in [2.05, 4.69) is 20.8 Å². The summed E-state index contributed by atoms with van der Waals surface area (Å²) in [7, 11) is 0. The van der Waals surface area contributed by atoms with Gasteiger partial charge in [0.15, 0.2) is 0 Å². The molecule has 0 aromatic heterocycles. The minimum atomic E-state index is 0.995. The van der Waals surface area contributed by atoms with Gasteiger partial charge in [0.1, 0.15) is 0 Å². The lowest BCUT2D eigenvalue weighted by Crippen LogP contribution is -2.28. The zero-order valence-corrected chi connectivity index (χ0v) is 8.01. The zero-order chi connectivity index (χ0) is 8.01. The van der Waals surface area contributed by atoms with Crippen LogP contribution in [0.5, 0.6) is 0 Å². The lowest BCUT2D eigenvalue weighted by molar-refractivity contribution is 0.141. The van der Waals surface area contributed by atoms with Crippen LogP contribution in [0.1, 0.15) is 40.0 Å². The van der Waals surface area contributed by atoms with Crippen molar-refractivity contribution >= 4 is 0 Å². The molecule has 0 nitrogen and oxygen atoms in total. The molecule has 0 radical (unpaired) electrons. The number of fused-ring (bicyclic) bond motifs is 1. The van der Waals surface area contributed by atoms with Gasteiger partial charge in [-0.25, -0.2) is 0 Å². The molecule has 3 aliphatic rings. The fourth-order valence-electron chi connectivity index (χ4n) is 3.29. The summed E-state index contributed by atoms with van der Waals surface area (Å²) in [6.07, 6.45) is 4.51. The highest BCUT2D eigenvalue weighted by atomic mass is 14.6. The molecule has 0 saturated heterocycles. The third kappa shape index (κ3) is 0.947. The first-order chi connectivity index (χ1) is 5.24. The summed E-state index contributed by atoms with van der Waals surface area (Å²) in [6.45, 7) is 7.24. The van der Waals surface area contributed by atoms with Crippen molar-refractivity contribution in [2.45, 2.75) is 40.0 Å². The van der Waals surface area contributed by atoms with E-state index in [0.29, 0.717) is 0 Å². The van der Waals surface area contributed by atoms with Crippen LogP contribution in [0.15, 0.2) is 0 Å². The topological polar surface area (TPSA) is 0 Å². The normalized spacial score (nSPS) is 50.5. The fraction of sp³-hybridized carbons (Fsp3) is 1.00. The Kier molecular flexibility index (Phi) is 1.74. The molecular weight excluding hydrogens is 132 g/mol. The molecule has 0 aromatic rings. The van der Waals surface area contributed by atoms with E-state index >= 15 is 0 Å². The molecule has 64 valence electrons. The molecule has 0 heterocycles. The molecule has 0 aromatic carbocycles. The van der Waals surface area contributed by atoms with Crippen molar-refractivity contribution in [1.29, 1.82) is 0 Å². The summed E-state index contributed by atoms with van der Waals surface area (Å²) in [5, 5.41) is 0. The second kappa shape index (κ2) is 2.50. The predicted molar refractivity (Wildman–Crippen MR) is 48.3 cm³/mol. The minimum absolute atomic E-state index is 0.995. The molecule has 3 fully saturated rings. The molecular formula is C11H20. The number of rotatable bonds is 2. The van der Waals surface area contributed by atoms with Crippen molar-refractivity contribution in [2.24, 2.45) is 29.6 Å². The van der Waals surface area contributed by atoms with Gasteiger partial charge in [-0.1, -0.05) is 27.2 Å². The summed E-state index contributed by atoms with van der Waals surface area (Å²) in [4.78, 5) is 0. The molecule has 3 rings (SSSR count). The molecule has 5 unspecified atom stereocenters. The van der Waals surface area contributed by atoms with Crippen LogP contribution >= 0.6 is 0 Å². The lowest BCUT2D eigenvalue weighted by atomic mass is 9.70. The van der Waals surface area contributed by atoms with Crippen molar-refractivity contribution in [3.8, 4) is 0 Å². The van der Waals surface area contributed by atoms with Crippen molar-refractivity contribution < 1.29 is 0 Å². The Hall–Kier alpha value is 0. The maximum absolute atomic E-state index is 2.46. The van der Waals surface area contributed by atoms with Gasteiger partial charge in [0, 0.05) is 0 Å². The van der Waals surface area contributed by atoms with Gasteiger partial charge >= 0.3 is 0 Å². The van der Waals surface area contributed by atoms with Crippen LogP contribution in [0.2, 0.25) is 0 Å². The first-order valence-electron chi connectivity index (χ1n) is 5.24. The van der Waals surface area contributed by atoms with E-state index in [-0.39, 0.29) is 0 Å². The Bertz CT molecular complexity index is 150. The van der Waals surface area contributed by atoms with Crippen LogP contribution in [-0.2, 0) is 0 Å². The van der Waals surface area contributed by atoms with E-state index in [0.717, 1.165) is 29.6 Å². The van der Waals surface area contributed by atoms with Gasteiger partial charge in [-0.15, -0.1) is 0 Å². The van der Waals surface area contributed by atoms with Gasteiger partial charge in [0.05, 0.1) is 0 Å². The van der Waals surface area contributed by atoms with Crippen molar-refractivity contribution in [1.82, 2.24) is 0 Å². The van der Waals surface area contributed by atoms with Crippen LogP contribution in [0.3, 0.4) is 0 Å². The van der Waals surface area contributed by atoms with Gasteiger partial charge in [0.25, 0.3) is 0 Å². The number of hydrogen-bond donors (Lipinski definition) is 0. The fourth-order valence-corrected chi connectivity index (χ4v) is 3.29. The number of hydrogen-bond acceptors (Lipinski definition) is 0. The van der Waals surface area contributed by atoms with Gasteiger partial charge in [-0.05, 0) is 42.4 Å².